The van der Waals surface area contributed by atoms with E-state index < -0.39 is 15.3 Å². The molecule has 0 fully saturated rings. The van der Waals surface area contributed by atoms with E-state index in [4.69, 9.17) is 0 Å². The van der Waals surface area contributed by atoms with Gasteiger partial charge in [-0.05, 0) is 29.7 Å². The van der Waals surface area contributed by atoms with Crippen molar-refractivity contribution in [1.82, 2.24) is 4.90 Å². The van der Waals surface area contributed by atoms with Crippen LogP contribution in [-0.4, -0.2) is 38.6 Å². The van der Waals surface area contributed by atoms with Crippen molar-refractivity contribution in [3.05, 3.63) is 28.7 Å². The number of halogens is 1. The molecule has 124 valence electrons. The van der Waals surface area contributed by atoms with E-state index in [1.165, 1.54) is 0 Å². The Kier molecular flexibility index (Phi) is 6.21. The third kappa shape index (κ3) is 5.39. The van der Waals surface area contributed by atoms with Crippen LogP contribution in [0.5, 0.6) is 0 Å². The highest BCUT2D eigenvalue weighted by molar-refractivity contribution is 9.10. The molecule has 6 heteroatoms. The average molecular weight is 390 g/mol. The topological polar surface area (TPSA) is 54.5 Å². The summed E-state index contributed by atoms with van der Waals surface area (Å²) in [4.78, 5) is 13.9. The Balaban J connectivity index is 2.86. The molecule has 4 nitrogen and oxygen atoms in total. The smallest absolute Gasteiger partial charge is 0.224 e. The van der Waals surface area contributed by atoms with Gasteiger partial charge in [0.15, 0.2) is 9.84 Å². The summed E-state index contributed by atoms with van der Waals surface area (Å²) in [6.07, 6.45) is 0. The Morgan fingerprint density at radius 1 is 1.23 bits per heavy atom. The number of amides is 1. The third-order valence-corrected chi connectivity index (χ3v) is 5.97. The zero-order valence-electron chi connectivity index (χ0n) is 13.8. The summed E-state index contributed by atoms with van der Waals surface area (Å²) in [7, 11) is -1.67. The predicted octanol–water partition coefficient (Wildman–Crippen LogP) is 3.36. The Labute approximate surface area is 141 Å². The Morgan fingerprint density at radius 2 is 1.73 bits per heavy atom. The van der Waals surface area contributed by atoms with Crippen LogP contribution in [0.2, 0.25) is 0 Å². The van der Waals surface area contributed by atoms with Crippen molar-refractivity contribution in [2.24, 2.45) is 11.3 Å². The Morgan fingerprint density at radius 3 is 2.18 bits per heavy atom. The standard InChI is InChI=1S/C16H24BrNO3S/c1-12(2)15(19)18(5)10-16(3,4)11-22(20,21)14-8-6-13(17)7-9-14/h6-9,12H,10-11H2,1-5H3. The van der Waals surface area contributed by atoms with Crippen molar-refractivity contribution in [2.45, 2.75) is 32.6 Å². The molecule has 0 heterocycles. The molecule has 1 rings (SSSR count). The zero-order chi connectivity index (χ0) is 17.1. The van der Waals surface area contributed by atoms with Crippen molar-refractivity contribution < 1.29 is 13.2 Å². The molecular formula is C16H24BrNO3S. The van der Waals surface area contributed by atoms with Gasteiger partial charge < -0.3 is 4.90 Å². The van der Waals surface area contributed by atoms with Gasteiger partial charge in [-0.15, -0.1) is 0 Å². The first-order valence-corrected chi connectivity index (χ1v) is 9.62. The summed E-state index contributed by atoms with van der Waals surface area (Å²) in [6.45, 7) is 7.82. The fourth-order valence-corrected chi connectivity index (χ4v) is 4.55. The fraction of sp³-hybridized carbons (Fsp3) is 0.562. The molecule has 1 aromatic carbocycles. The van der Waals surface area contributed by atoms with Crippen LogP contribution < -0.4 is 0 Å². The maximum absolute atomic E-state index is 12.5. The van der Waals surface area contributed by atoms with Crippen LogP contribution in [0, 0.1) is 11.3 Å². The van der Waals surface area contributed by atoms with Gasteiger partial charge in [0.25, 0.3) is 0 Å². The molecule has 0 N–H and O–H groups in total. The van der Waals surface area contributed by atoms with Crippen molar-refractivity contribution in [1.29, 1.82) is 0 Å². The van der Waals surface area contributed by atoms with Gasteiger partial charge >= 0.3 is 0 Å². The predicted molar refractivity (Wildman–Crippen MR) is 92.5 cm³/mol. The van der Waals surface area contributed by atoms with Crippen LogP contribution in [0.4, 0.5) is 0 Å². The Bertz CT molecular complexity index is 621. The van der Waals surface area contributed by atoms with E-state index in [1.54, 1.807) is 36.2 Å². The highest BCUT2D eigenvalue weighted by atomic mass is 79.9. The summed E-state index contributed by atoms with van der Waals surface area (Å²) in [5.74, 6) is -0.0739. The second kappa shape index (κ2) is 7.13. The van der Waals surface area contributed by atoms with Crippen molar-refractivity contribution in [3.63, 3.8) is 0 Å². The Hall–Kier alpha value is -0.880. The van der Waals surface area contributed by atoms with Crippen LogP contribution in [0.25, 0.3) is 0 Å². The molecule has 0 aromatic heterocycles. The first-order chi connectivity index (χ1) is 9.94. The second-order valence-electron chi connectivity index (χ2n) is 6.73. The summed E-state index contributed by atoms with van der Waals surface area (Å²) in [6, 6.07) is 6.62. The molecule has 0 saturated carbocycles. The third-order valence-electron chi connectivity index (χ3n) is 3.29. The lowest BCUT2D eigenvalue weighted by atomic mass is 9.95. The quantitative estimate of drug-likeness (QED) is 0.749. The number of nitrogens with zero attached hydrogens (tertiary/aromatic N) is 1. The highest BCUT2D eigenvalue weighted by Crippen LogP contribution is 2.25. The number of carbonyl (C=O) groups is 1. The molecule has 0 unspecified atom stereocenters. The lowest BCUT2D eigenvalue weighted by molar-refractivity contribution is -0.134. The molecule has 0 aliphatic carbocycles. The van der Waals surface area contributed by atoms with Crippen molar-refractivity contribution in [2.75, 3.05) is 19.3 Å². The molecule has 1 amide bonds. The average Bonchev–Trinajstić information content (AvgIpc) is 2.36. The zero-order valence-corrected chi connectivity index (χ0v) is 16.2. The van der Waals surface area contributed by atoms with Crippen LogP contribution in [0.3, 0.4) is 0 Å². The van der Waals surface area contributed by atoms with Gasteiger partial charge in [-0.1, -0.05) is 43.6 Å². The van der Waals surface area contributed by atoms with E-state index >= 15 is 0 Å². The van der Waals surface area contributed by atoms with E-state index in [0.717, 1.165) is 4.47 Å². The van der Waals surface area contributed by atoms with Gasteiger partial charge in [-0.3, -0.25) is 4.79 Å². The van der Waals surface area contributed by atoms with Gasteiger partial charge in [0.2, 0.25) is 5.91 Å². The number of rotatable bonds is 6. The van der Waals surface area contributed by atoms with Crippen LogP contribution in [0.15, 0.2) is 33.6 Å². The first-order valence-electron chi connectivity index (χ1n) is 7.18. The molecule has 0 aliphatic rings. The van der Waals surface area contributed by atoms with Crippen molar-refractivity contribution in [3.8, 4) is 0 Å². The van der Waals surface area contributed by atoms with Gasteiger partial charge in [0, 0.05) is 24.0 Å². The summed E-state index contributed by atoms with van der Waals surface area (Å²) < 4.78 is 25.9. The fourth-order valence-electron chi connectivity index (χ4n) is 2.45. The van der Waals surface area contributed by atoms with E-state index in [9.17, 15) is 13.2 Å². The van der Waals surface area contributed by atoms with Crippen LogP contribution in [-0.2, 0) is 14.6 Å². The molecule has 0 bridgehead atoms. The summed E-state index contributed by atoms with van der Waals surface area (Å²) in [5, 5.41) is 0. The maximum atomic E-state index is 12.5. The van der Waals surface area contributed by atoms with E-state index in [0.29, 0.717) is 11.4 Å². The molecule has 0 saturated heterocycles. The van der Waals surface area contributed by atoms with Crippen LogP contribution >= 0.6 is 15.9 Å². The SMILES string of the molecule is CC(C)C(=O)N(C)CC(C)(C)CS(=O)(=O)c1ccc(Br)cc1. The van der Waals surface area contributed by atoms with E-state index in [1.807, 2.05) is 27.7 Å². The minimum atomic E-state index is -3.39. The minimum Gasteiger partial charge on any atom is -0.345 e. The van der Waals surface area contributed by atoms with Gasteiger partial charge in [0.1, 0.15) is 0 Å². The maximum Gasteiger partial charge on any atom is 0.224 e. The molecule has 22 heavy (non-hydrogen) atoms. The van der Waals surface area contributed by atoms with E-state index in [-0.39, 0.29) is 17.6 Å². The largest absolute Gasteiger partial charge is 0.345 e. The second-order valence-corrected chi connectivity index (χ2v) is 9.63. The van der Waals surface area contributed by atoms with E-state index in [2.05, 4.69) is 15.9 Å². The van der Waals surface area contributed by atoms with Gasteiger partial charge in [-0.25, -0.2) is 8.42 Å². The molecule has 0 atom stereocenters. The summed E-state index contributed by atoms with van der Waals surface area (Å²) in [5.41, 5.74) is -0.523. The lowest BCUT2D eigenvalue weighted by Crippen LogP contribution is -2.41. The molecule has 0 spiro atoms. The molecular weight excluding hydrogens is 366 g/mol. The molecule has 1 aromatic rings. The van der Waals surface area contributed by atoms with Gasteiger partial charge in [-0.2, -0.15) is 0 Å². The number of sulfone groups is 1. The number of hydrogen-bond donors (Lipinski definition) is 0. The number of carbonyl (C=O) groups excluding carboxylic acids is 1. The molecule has 0 aliphatic heterocycles. The van der Waals surface area contributed by atoms with Crippen LogP contribution in [0.1, 0.15) is 27.7 Å². The summed E-state index contributed by atoms with van der Waals surface area (Å²) >= 11 is 3.30. The first kappa shape index (κ1) is 19.2. The molecule has 0 radical (unpaired) electrons. The lowest BCUT2D eigenvalue weighted by Gasteiger charge is -2.31. The number of hydrogen-bond acceptors (Lipinski definition) is 3. The monoisotopic (exact) mass is 389 g/mol. The number of benzene rings is 1. The van der Waals surface area contributed by atoms with Gasteiger partial charge in [0.05, 0.1) is 10.6 Å². The highest BCUT2D eigenvalue weighted by Gasteiger charge is 2.30. The minimum absolute atomic E-state index is 0.00263. The van der Waals surface area contributed by atoms with Crippen molar-refractivity contribution >= 4 is 31.7 Å². The normalized spacial score (nSPS) is 12.5.